The number of hydrogen-bond donors (Lipinski definition) is 1. The van der Waals surface area contributed by atoms with Crippen molar-refractivity contribution in [2.45, 2.75) is 18.9 Å². The lowest BCUT2D eigenvalue weighted by Crippen LogP contribution is -2.23. The number of benzene rings is 2. The van der Waals surface area contributed by atoms with Gasteiger partial charge in [-0.1, -0.05) is 6.07 Å². The topological polar surface area (TPSA) is 44.8 Å². The Hall–Kier alpha value is -3.54. The van der Waals surface area contributed by atoms with Crippen molar-refractivity contribution in [2.24, 2.45) is 0 Å². The molecule has 0 amide bonds. The van der Waals surface area contributed by atoms with Gasteiger partial charge in [-0.15, -0.1) is 0 Å². The highest BCUT2D eigenvalue weighted by atomic mass is 19.1. The molecule has 1 fully saturated rings. The van der Waals surface area contributed by atoms with Crippen molar-refractivity contribution < 1.29 is 8.78 Å². The third-order valence-electron chi connectivity index (χ3n) is 5.58. The molecule has 1 saturated heterocycles. The summed E-state index contributed by atoms with van der Waals surface area (Å²) < 4.78 is 28.2. The van der Waals surface area contributed by atoms with E-state index in [0.717, 1.165) is 53.4 Å². The number of hydrogen-bond acceptors (Lipinski definition) is 3. The van der Waals surface area contributed by atoms with Gasteiger partial charge in [0.15, 0.2) is 0 Å². The lowest BCUT2D eigenvalue weighted by Gasteiger charge is -2.27. The smallest absolute Gasteiger partial charge is 0.128 e. The first kappa shape index (κ1) is 18.5. The van der Waals surface area contributed by atoms with Gasteiger partial charge in [0.25, 0.3) is 0 Å². The highest BCUT2D eigenvalue weighted by molar-refractivity contribution is 5.91. The molecular formula is C24H20F2N4. The van der Waals surface area contributed by atoms with Gasteiger partial charge in [-0.3, -0.25) is 10.1 Å². The number of nitrogens with zero attached hydrogens (tertiary/aromatic N) is 3. The first-order valence-corrected chi connectivity index (χ1v) is 9.98. The van der Waals surface area contributed by atoms with Gasteiger partial charge in [0, 0.05) is 29.4 Å². The van der Waals surface area contributed by atoms with Crippen LogP contribution in [0.5, 0.6) is 0 Å². The zero-order valence-electron chi connectivity index (χ0n) is 16.2. The molecule has 0 aliphatic carbocycles. The Balaban J connectivity index is 1.50. The van der Waals surface area contributed by atoms with Crippen LogP contribution in [0.2, 0.25) is 0 Å². The summed E-state index contributed by atoms with van der Waals surface area (Å²) >= 11 is 0. The van der Waals surface area contributed by atoms with Crippen molar-refractivity contribution in [1.29, 1.82) is 0 Å². The first-order valence-electron chi connectivity index (χ1n) is 9.98. The van der Waals surface area contributed by atoms with Crippen LogP contribution in [0.1, 0.15) is 35.8 Å². The van der Waals surface area contributed by atoms with Crippen LogP contribution in [0.3, 0.4) is 0 Å². The summed E-state index contributed by atoms with van der Waals surface area (Å²) in [5.74, 6) is -0.776. The first-order chi connectivity index (χ1) is 14.7. The molecule has 1 aliphatic rings. The van der Waals surface area contributed by atoms with E-state index in [9.17, 15) is 8.78 Å². The molecule has 4 aromatic rings. The zero-order valence-corrected chi connectivity index (χ0v) is 16.2. The molecule has 30 heavy (non-hydrogen) atoms. The standard InChI is InChI=1S/C24H20F2N4/c25-16-6-9-21(26)19(14-16)24-5-3-13-30(24)18-8-11-23-20(15-18)22(28-29-23)10-7-17-4-1-2-12-27-17/h1-2,4,6-12,14-15,24H,3,5,13H2,(H,28,29)/b10-7+/t24-/m1/s1. The molecule has 5 rings (SSSR count). The van der Waals surface area contributed by atoms with E-state index >= 15 is 0 Å². The van der Waals surface area contributed by atoms with Crippen LogP contribution < -0.4 is 4.90 Å². The normalized spacial score (nSPS) is 16.7. The summed E-state index contributed by atoms with van der Waals surface area (Å²) in [6.45, 7) is 0.795. The molecule has 2 aromatic carbocycles. The van der Waals surface area contributed by atoms with Gasteiger partial charge in [0.05, 0.1) is 22.9 Å². The quantitative estimate of drug-likeness (QED) is 0.473. The molecule has 0 unspecified atom stereocenters. The van der Waals surface area contributed by atoms with E-state index in [1.54, 1.807) is 6.20 Å². The van der Waals surface area contributed by atoms with E-state index in [1.807, 2.05) is 42.5 Å². The molecule has 0 saturated carbocycles. The number of H-pyrrole nitrogens is 1. The number of nitrogens with one attached hydrogen (secondary N) is 1. The maximum Gasteiger partial charge on any atom is 0.128 e. The molecule has 6 heteroatoms. The Morgan fingerprint density at radius 3 is 2.83 bits per heavy atom. The van der Waals surface area contributed by atoms with Crippen LogP contribution >= 0.6 is 0 Å². The summed E-state index contributed by atoms with van der Waals surface area (Å²) in [6.07, 6.45) is 7.31. The second-order valence-electron chi connectivity index (χ2n) is 7.44. The van der Waals surface area contributed by atoms with Gasteiger partial charge in [-0.2, -0.15) is 5.10 Å². The van der Waals surface area contributed by atoms with Crippen molar-refractivity contribution in [1.82, 2.24) is 15.2 Å². The van der Waals surface area contributed by atoms with Gasteiger partial charge < -0.3 is 4.90 Å². The summed E-state index contributed by atoms with van der Waals surface area (Å²) in [5.41, 5.74) is 3.97. The highest BCUT2D eigenvalue weighted by Crippen LogP contribution is 2.38. The Morgan fingerprint density at radius 1 is 1.03 bits per heavy atom. The van der Waals surface area contributed by atoms with Gasteiger partial charge in [-0.05, 0) is 73.5 Å². The van der Waals surface area contributed by atoms with Gasteiger partial charge in [-0.25, -0.2) is 8.78 Å². The number of pyridine rings is 1. The largest absolute Gasteiger partial charge is 0.364 e. The molecule has 0 bridgehead atoms. The number of halogens is 2. The number of aromatic nitrogens is 3. The highest BCUT2D eigenvalue weighted by Gasteiger charge is 2.29. The third kappa shape index (κ3) is 3.45. The van der Waals surface area contributed by atoms with Crippen molar-refractivity contribution in [3.8, 4) is 0 Å². The van der Waals surface area contributed by atoms with Crippen LogP contribution in [-0.2, 0) is 0 Å². The maximum absolute atomic E-state index is 14.4. The predicted octanol–water partition coefficient (Wildman–Crippen LogP) is 5.75. The summed E-state index contributed by atoms with van der Waals surface area (Å²) in [7, 11) is 0. The average Bonchev–Trinajstić information content (AvgIpc) is 3.41. The molecule has 150 valence electrons. The second kappa shape index (κ2) is 7.71. The monoisotopic (exact) mass is 402 g/mol. The van der Waals surface area contributed by atoms with Crippen molar-refractivity contribution in [3.63, 3.8) is 0 Å². The molecule has 0 radical (unpaired) electrons. The van der Waals surface area contributed by atoms with Crippen molar-refractivity contribution in [2.75, 3.05) is 11.4 Å². The van der Waals surface area contributed by atoms with Crippen LogP contribution in [0, 0.1) is 11.6 Å². The third-order valence-corrected chi connectivity index (χ3v) is 5.58. The Bertz CT molecular complexity index is 1220. The molecular weight excluding hydrogens is 382 g/mol. The van der Waals surface area contributed by atoms with Crippen molar-refractivity contribution in [3.05, 3.63) is 89.4 Å². The van der Waals surface area contributed by atoms with Crippen LogP contribution in [-0.4, -0.2) is 21.7 Å². The van der Waals surface area contributed by atoms with Crippen LogP contribution in [0.25, 0.3) is 23.1 Å². The fourth-order valence-corrected chi connectivity index (χ4v) is 4.14. The average molecular weight is 402 g/mol. The van der Waals surface area contributed by atoms with Gasteiger partial charge in [0.2, 0.25) is 0 Å². The predicted molar refractivity (Wildman–Crippen MR) is 115 cm³/mol. The maximum atomic E-state index is 14.4. The van der Waals surface area contributed by atoms with E-state index in [1.165, 1.54) is 12.1 Å². The van der Waals surface area contributed by atoms with E-state index in [2.05, 4.69) is 26.1 Å². The fraction of sp³-hybridized carbons (Fsp3) is 0.167. The van der Waals surface area contributed by atoms with Crippen LogP contribution in [0.4, 0.5) is 14.5 Å². The number of rotatable bonds is 4. The SMILES string of the molecule is Fc1ccc(F)c([C@H]2CCCN2c2ccc3[nH]nc(/C=C/c4ccccn4)c3c2)c1. The minimum Gasteiger partial charge on any atom is -0.364 e. The summed E-state index contributed by atoms with van der Waals surface area (Å²) in [6, 6.07) is 15.3. The van der Waals surface area contributed by atoms with E-state index in [0.29, 0.717) is 5.56 Å². The molecule has 4 nitrogen and oxygen atoms in total. The minimum atomic E-state index is -0.412. The molecule has 3 heterocycles. The Labute approximate surface area is 172 Å². The molecule has 1 N–H and O–H groups in total. The van der Waals surface area contributed by atoms with Crippen molar-refractivity contribution >= 4 is 28.7 Å². The minimum absolute atomic E-state index is 0.183. The molecule has 1 aliphatic heterocycles. The lowest BCUT2D eigenvalue weighted by molar-refractivity contribution is 0.561. The summed E-state index contributed by atoms with van der Waals surface area (Å²) in [5, 5.41) is 8.44. The number of fused-ring (bicyclic) bond motifs is 1. The zero-order chi connectivity index (χ0) is 20.5. The van der Waals surface area contributed by atoms with Crippen LogP contribution in [0.15, 0.2) is 60.8 Å². The van der Waals surface area contributed by atoms with Gasteiger partial charge in [0.1, 0.15) is 11.6 Å². The second-order valence-corrected chi connectivity index (χ2v) is 7.44. The van der Waals surface area contributed by atoms with Gasteiger partial charge >= 0.3 is 0 Å². The van der Waals surface area contributed by atoms with E-state index in [-0.39, 0.29) is 11.9 Å². The molecule has 0 spiro atoms. The number of aromatic amines is 1. The Kier molecular flexibility index (Phi) is 4.75. The van der Waals surface area contributed by atoms with E-state index in [4.69, 9.17) is 0 Å². The fourth-order valence-electron chi connectivity index (χ4n) is 4.14. The molecule has 2 aromatic heterocycles. The number of anilines is 1. The lowest BCUT2D eigenvalue weighted by atomic mass is 10.0. The Morgan fingerprint density at radius 2 is 1.97 bits per heavy atom. The summed E-state index contributed by atoms with van der Waals surface area (Å²) in [4.78, 5) is 6.45. The molecule has 1 atom stereocenters. The van der Waals surface area contributed by atoms with E-state index < -0.39 is 5.82 Å².